The number of carbonyl (C=O) groups excluding carboxylic acids is 1. The Kier molecular flexibility index (Phi) is 6.75. The minimum absolute atomic E-state index is 0. The van der Waals surface area contributed by atoms with Gasteiger partial charge in [0, 0.05) is 24.9 Å². The second-order valence-electron chi connectivity index (χ2n) is 7.65. The van der Waals surface area contributed by atoms with Gasteiger partial charge in [0.1, 0.15) is 11.5 Å². The molecule has 1 aliphatic carbocycles. The van der Waals surface area contributed by atoms with Crippen molar-refractivity contribution in [1.29, 1.82) is 0 Å². The fraction of sp³-hybridized carbons (Fsp3) is 0.765. The van der Waals surface area contributed by atoms with Gasteiger partial charge in [0.2, 0.25) is 5.91 Å². The van der Waals surface area contributed by atoms with Crippen molar-refractivity contribution in [2.45, 2.75) is 44.2 Å². The van der Waals surface area contributed by atoms with Crippen molar-refractivity contribution in [1.82, 2.24) is 20.2 Å². The fourth-order valence-corrected chi connectivity index (χ4v) is 4.46. The maximum absolute atomic E-state index is 12.7. The second-order valence-corrected chi connectivity index (χ2v) is 7.65. The minimum Gasteiger partial charge on any atom is -0.342 e. The molecule has 1 unspecified atom stereocenters. The highest BCUT2D eigenvalue weighted by Crippen LogP contribution is 2.59. The minimum atomic E-state index is -4.39. The highest BCUT2D eigenvalue weighted by molar-refractivity contribution is 5.85. The van der Waals surface area contributed by atoms with Crippen LogP contribution in [-0.4, -0.2) is 47.0 Å². The molecule has 2 N–H and O–H groups in total. The first-order valence-electron chi connectivity index (χ1n) is 9.01. The lowest BCUT2D eigenvalue weighted by molar-refractivity contribution is -0.141. The number of hydrogen-bond donors (Lipinski definition) is 2. The maximum atomic E-state index is 12.7. The van der Waals surface area contributed by atoms with E-state index >= 15 is 0 Å². The zero-order chi connectivity index (χ0) is 17.7. The lowest BCUT2D eigenvalue weighted by atomic mass is 9.91. The molecule has 2 aliphatic heterocycles. The Morgan fingerprint density at radius 2 is 1.81 bits per heavy atom. The summed E-state index contributed by atoms with van der Waals surface area (Å²) in [4.78, 5) is 21.0. The molecule has 0 radical (unpaired) electrons. The zero-order valence-corrected chi connectivity index (χ0v) is 16.5. The molecule has 1 aromatic rings. The van der Waals surface area contributed by atoms with Gasteiger partial charge in [-0.2, -0.15) is 13.2 Å². The number of imidazole rings is 1. The third-order valence-corrected chi connectivity index (χ3v) is 6.18. The van der Waals surface area contributed by atoms with Gasteiger partial charge in [-0.25, -0.2) is 4.98 Å². The van der Waals surface area contributed by atoms with Crippen LogP contribution in [0.5, 0.6) is 0 Å². The van der Waals surface area contributed by atoms with Crippen molar-refractivity contribution >= 4 is 30.7 Å². The number of nitrogens with zero attached hydrogens (tertiary/aromatic N) is 2. The number of aromatic nitrogens is 2. The van der Waals surface area contributed by atoms with Crippen LogP contribution >= 0.6 is 24.8 Å². The lowest BCUT2D eigenvalue weighted by Crippen LogP contribution is -2.41. The van der Waals surface area contributed by atoms with Crippen LogP contribution in [-0.2, 0) is 11.0 Å². The second kappa shape index (κ2) is 8.17. The number of carbonyl (C=O) groups is 1. The van der Waals surface area contributed by atoms with Crippen molar-refractivity contribution in [3.63, 3.8) is 0 Å². The molecule has 2 saturated heterocycles. The van der Waals surface area contributed by atoms with Crippen molar-refractivity contribution < 1.29 is 18.0 Å². The van der Waals surface area contributed by atoms with Crippen molar-refractivity contribution in [3.05, 3.63) is 17.7 Å². The molecule has 1 amide bonds. The van der Waals surface area contributed by atoms with Crippen molar-refractivity contribution in [3.8, 4) is 0 Å². The summed E-state index contributed by atoms with van der Waals surface area (Å²) in [6.45, 7) is 3.20. The summed E-state index contributed by atoms with van der Waals surface area (Å²) in [5, 5.41) is 3.34. The molecule has 1 spiro atoms. The molecule has 0 bridgehead atoms. The SMILES string of the molecule is Cl.Cl.O=C(C1CC12CCNCC2)N1CCC(c2ncc(C(F)(F)F)[nH]2)CC1. The van der Waals surface area contributed by atoms with Crippen LogP contribution in [0.25, 0.3) is 0 Å². The summed E-state index contributed by atoms with van der Waals surface area (Å²) < 4.78 is 38.0. The molecule has 154 valence electrons. The van der Waals surface area contributed by atoms with E-state index in [4.69, 9.17) is 0 Å². The van der Waals surface area contributed by atoms with E-state index in [1.807, 2.05) is 4.90 Å². The predicted molar refractivity (Wildman–Crippen MR) is 99.3 cm³/mol. The van der Waals surface area contributed by atoms with Crippen LogP contribution in [0.1, 0.15) is 49.5 Å². The summed E-state index contributed by atoms with van der Waals surface area (Å²) in [6, 6.07) is 0. The first-order chi connectivity index (χ1) is 11.9. The smallest absolute Gasteiger partial charge is 0.342 e. The van der Waals surface area contributed by atoms with Gasteiger partial charge in [-0.05, 0) is 50.6 Å². The molecule has 3 heterocycles. The van der Waals surface area contributed by atoms with Crippen LogP contribution < -0.4 is 5.32 Å². The molecular weight excluding hydrogens is 404 g/mol. The van der Waals surface area contributed by atoms with Gasteiger partial charge >= 0.3 is 6.18 Å². The molecule has 5 nitrogen and oxygen atoms in total. The number of piperidine rings is 2. The van der Waals surface area contributed by atoms with Gasteiger partial charge in [0.25, 0.3) is 0 Å². The first kappa shape index (κ1) is 22.3. The molecule has 1 aromatic heterocycles. The van der Waals surface area contributed by atoms with E-state index in [9.17, 15) is 18.0 Å². The van der Waals surface area contributed by atoms with Crippen molar-refractivity contribution in [2.75, 3.05) is 26.2 Å². The van der Waals surface area contributed by atoms with Crippen LogP contribution in [0.3, 0.4) is 0 Å². The van der Waals surface area contributed by atoms with Gasteiger partial charge in [0.15, 0.2) is 0 Å². The third kappa shape index (κ3) is 4.38. The molecule has 27 heavy (non-hydrogen) atoms. The van der Waals surface area contributed by atoms with Gasteiger partial charge in [-0.1, -0.05) is 0 Å². The van der Waals surface area contributed by atoms with E-state index in [0.29, 0.717) is 31.8 Å². The van der Waals surface area contributed by atoms with E-state index in [1.54, 1.807) is 0 Å². The molecule has 4 rings (SSSR count). The predicted octanol–water partition coefficient (Wildman–Crippen LogP) is 3.37. The Hall–Kier alpha value is -0.990. The van der Waals surface area contributed by atoms with Gasteiger partial charge in [0.05, 0.1) is 6.20 Å². The van der Waals surface area contributed by atoms with E-state index in [1.165, 1.54) is 0 Å². The number of likely N-dealkylation sites (tertiary alicyclic amines) is 1. The summed E-state index contributed by atoms with van der Waals surface area (Å²) in [6.07, 6.45) is 0.949. The van der Waals surface area contributed by atoms with E-state index in [-0.39, 0.29) is 48.0 Å². The number of rotatable bonds is 2. The van der Waals surface area contributed by atoms with Gasteiger partial charge < -0.3 is 15.2 Å². The summed E-state index contributed by atoms with van der Waals surface area (Å²) >= 11 is 0. The highest BCUT2D eigenvalue weighted by Gasteiger charge is 2.58. The van der Waals surface area contributed by atoms with Crippen molar-refractivity contribution in [2.24, 2.45) is 11.3 Å². The molecular formula is C17H25Cl2F3N4O. The number of hydrogen-bond acceptors (Lipinski definition) is 3. The highest BCUT2D eigenvalue weighted by atomic mass is 35.5. The Bertz CT molecular complexity index is 653. The normalized spacial score (nSPS) is 24.9. The third-order valence-electron chi connectivity index (χ3n) is 6.18. The van der Waals surface area contributed by atoms with E-state index < -0.39 is 11.9 Å². The number of alkyl halides is 3. The summed E-state index contributed by atoms with van der Waals surface area (Å²) in [7, 11) is 0. The Labute approximate surface area is 168 Å². The molecule has 3 aliphatic rings. The molecule has 1 atom stereocenters. The largest absolute Gasteiger partial charge is 0.432 e. The van der Waals surface area contributed by atoms with E-state index in [2.05, 4.69) is 15.3 Å². The maximum Gasteiger partial charge on any atom is 0.432 e. The van der Waals surface area contributed by atoms with Gasteiger partial charge in [-0.15, -0.1) is 24.8 Å². The average Bonchev–Trinajstić information content (AvgIpc) is 3.06. The monoisotopic (exact) mass is 428 g/mol. The molecule has 0 aromatic carbocycles. The van der Waals surface area contributed by atoms with Crippen LogP contribution in [0.2, 0.25) is 0 Å². The number of halogens is 5. The fourth-order valence-electron chi connectivity index (χ4n) is 4.46. The average molecular weight is 429 g/mol. The lowest BCUT2D eigenvalue weighted by Gasteiger charge is -2.32. The zero-order valence-electron chi connectivity index (χ0n) is 14.8. The van der Waals surface area contributed by atoms with Gasteiger partial charge in [-0.3, -0.25) is 4.79 Å². The van der Waals surface area contributed by atoms with E-state index in [0.717, 1.165) is 38.5 Å². The molecule has 10 heteroatoms. The Balaban J connectivity index is 0.00000131. The van der Waals surface area contributed by atoms with Crippen LogP contribution in [0.4, 0.5) is 13.2 Å². The Morgan fingerprint density at radius 1 is 1.19 bits per heavy atom. The van der Waals surface area contributed by atoms with Crippen LogP contribution in [0, 0.1) is 11.3 Å². The summed E-state index contributed by atoms with van der Waals surface area (Å²) in [5.74, 6) is 0.759. The topological polar surface area (TPSA) is 61.0 Å². The summed E-state index contributed by atoms with van der Waals surface area (Å²) in [5.41, 5.74) is -0.575. The molecule has 1 saturated carbocycles. The quantitative estimate of drug-likeness (QED) is 0.758. The number of nitrogens with one attached hydrogen (secondary N) is 2. The number of amides is 1. The molecule has 3 fully saturated rings. The number of aromatic amines is 1. The standard InChI is InChI=1S/C17H23F3N4O.2ClH/c18-17(19,20)13-10-22-14(23-13)11-1-7-24(8-2-11)15(25)12-9-16(12)3-5-21-6-4-16;;/h10-12,21H,1-9H2,(H,22,23);2*1H. The Morgan fingerprint density at radius 3 is 2.37 bits per heavy atom. The van der Waals surface area contributed by atoms with Crippen LogP contribution in [0.15, 0.2) is 6.20 Å². The number of H-pyrrole nitrogens is 1. The first-order valence-corrected chi connectivity index (χ1v) is 9.01.